The first-order valence-corrected chi connectivity index (χ1v) is 11.7. The molecular weight excluding hydrogens is 384 g/mol. The van der Waals surface area contributed by atoms with Crippen molar-refractivity contribution in [2.45, 2.75) is 56.9 Å². The van der Waals surface area contributed by atoms with Gasteiger partial charge in [-0.2, -0.15) is 0 Å². The molecule has 1 unspecified atom stereocenters. The van der Waals surface area contributed by atoms with Crippen LogP contribution in [0.5, 0.6) is 0 Å². The number of nitrogens with one attached hydrogen (secondary N) is 2. The van der Waals surface area contributed by atoms with Crippen LogP contribution in [0.3, 0.4) is 0 Å². The van der Waals surface area contributed by atoms with Gasteiger partial charge in [-0.05, 0) is 43.7 Å². The standard InChI is InChI=1S/C22H28N4O2S/c1-15-7-4-5-11-22(15)20(27)26(21(28)24-22)14-25-12-6-8-16(13-25)19-23-17-9-2-3-10-18(17)29-19/h2-3,9-10,15-16H,4-8,11-14H2,1H3,(H,24,28)/p+1/t15-,16-,22-/m0/s1. The number of nitrogens with zero attached hydrogens (tertiary/aromatic N) is 2. The van der Waals surface area contributed by atoms with Crippen LogP contribution in [0.1, 0.15) is 56.4 Å². The minimum Gasteiger partial charge on any atom is -0.323 e. The highest BCUT2D eigenvalue weighted by Crippen LogP contribution is 2.38. The fraction of sp³-hybridized carbons (Fsp3) is 0.591. The zero-order valence-electron chi connectivity index (χ0n) is 16.9. The Morgan fingerprint density at radius 3 is 2.93 bits per heavy atom. The van der Waals surface area contributed by atoms with Gasteiger partial charge in [-0.1, -0.05) is 31.9 Å². The van der Waals surface area contributed by atoms with E-state index in [1.54, 1.807) is 11.3 Å². The second-order valence-corrected chi connectivity index (χ2v) is 10.1. The van der Waals surface area contributed by atoms with E-state index in [0.29, 0.717) is 12.6 Å². The topological polar surface area (TPSA) is 66.7 Å². The molecule has 3 amide bonds. The molecule has 154 valence electrons. The third-order valence-corrected chi connectivity index (χ3v) is 8.36. The van der Waals surface area contributed by atoms with Crippen molar-refractivity contribution in [2.75, 3.05) is 19.8 Å². The number of hydrogen-bond acceptors (Lipinski definition) is 4. The molecule has 1 spiro atoms. The molecule has 2 aliphatic heterocycles. The Morgan fingerprint density at radius 2 is 2.10 bits per heavy atom. The van der Waals surface area contributed by atoms with Crippen molar-refractivity contribution in [1.82, 2.24) is 15.2 Å². The third-order valence-electron chi connectivity index (χ3n) is 7.16. The van der Waals surface area contributed by atoms with E-state index in [-0.39, 0.29) is 17.9 Å². The molecule has 5 rings (SSSR count). The van der Waals surface area contributed by atoms with Crippen LogP contribution in [0, 0.1) is 5.92 Å². The number of carbonyl (C=O) groups is 2. The molecule has 4 atom stereocenters. The maximum Gasteiger partial charge on any atom is 0.329 e. The summed E-state index contributed by atoms with van der Waals surface area (Å²) in [5.41, 5.74) is 0.415. The highest BCUT2D eigenvalue weighted by Gasteiger charge is 2.55. The molecule has 1 aliphatic carbocycles. The summed E-state index contributed by atoms with van der Waals surface area (Å²) in [6, 6.07) is 8.09. The summed E-state index contributed by atoms with van der Waals surface area (Å²) in [5.74, 6) is 0.619. The summed E-state index contributed by atoms with van der Waals surface area (Å²) < 4.78 is 1.23. The Balaban J connectivity index is 1.30. The quantitative estimate of drug-likeness (QED) is 0.760. The van der Waals surface area contributed by atoms with Gasteiger partial charge in [-0.3, -0.25) is 4.79 Å². The molecule has 3 aliphatic rings. The van der Waals surface area contributed by atoms with Crippen molar-refractivity contribution in [2.24, 2.45) is 5.92 Å². The summed E-state index contributed by atoms with van der Waals surface area (Å²) >= 11 is 1.78. The molecule has 3 heterocycles. The summed E-state index contributed by atoms with van der Waals surface area (Å²) in [6.07, 6.45) is 6.17. The maximum absolute atomic E-state index is 13.3. The minimum absolute atomic E-state index is 0.00399. The van der Waals surface area contributed by atoms with Crippen molar-refractivity contribution in [3.63, 3.8) is 0 Å². The Hall–Kier alpha value is -1.99. The average molecular weight is 414 g/mol. The van der Waals surface area contributed by atoms with Crippen molar-refractivity contribution in [3.05, 3.63) is 29.3 Å². The number of hydrogen-bond donors (Lipinski definition) is 2. The van der Waals surface area contributed by atoms with Crippen LogP contribution in [-0.4, -0.2) is 47.1 Å². The number of carbonyl (C=O) groups excluding carboxylic acids is 2. The van der Waals surface area contributed by atoms with E-state index >= 15 is 0 Å². The largest absolute Gasteiger partial charge is 0.329 e. The van der Waals surface area contributed by atoms with Crippen LogP contribution in [0.25, 0.3) is 10.2 Å². The van der Waals surface area contributed by atoms with E-state index in [4.69, 9.17) is 4.98 Å². The van der Waals surface area contributed by atoms with Crippen molar-refractivity contribution >= 4 is 33.5 Å². The summed E-state index contributed by atoms with van der Waals surface area (Å²) in [6.45, 7) is 4.51. The van der Waals surface area contributed by atoms with Crippen LogP contribution >= 0.6 is 11.3 Å². The van der Waals surface area contributed by atoms with E-state index in [1.165, 1.54) is 19.5 Å². The second-order valence-electron chi connectivity index (χ2n) is 9.00. The number of benzene rings is 1. The van der Waals surface area contributed by atoms with Gasteiger partial charge in [0.2, 0.25) is 0 Å². The van der Waals surface area contributed by atoms with E-state index < -0.39 is 5.54 Å². The van der Waals surface area contributed by atoms with Gasteiger partial charge in [0.15, 0.2) is 6.67 Å². The van der Waals surface area contributed by atoms with E-state index in [2.05, 4.69) is 30.4 Å². The van der Waals surface area contributed by atoms with Crippen LogP contribution in [0.2, 0.25) is 0 Å². The average Bonchev–Trinajstić information content (AvgIpc) is 3.26. The van der Waals surface area contributed by atoms with Gasteiger partial charge in [0.1, 0.15) is 10.5 Å². The monoisotopic (exact) mass is 413 g/mol. The number of thiazole rings is 1. The molecule has 3 fully saturated rings. The molecule has 1 saturated carbocycles. The molecule has 1 aromatic heterocycles. The number of imide groups is 1. The predicted molar refractivity (Wildman–Crippen MR) is 113 cm³/mol. The number of fused-ring (bicyclic) bond motifs is 1. The molecule has 7 heteroatoms. The first kappa shape index (κ1) is 19.0. The molecular formula is C22H29N4O2S+. The molecule has 0 bridgehead atoms. The molecule has 6 nitrogen and oxygen atoms in total. The molecule has 2 saturated heterocycles. The lowest BCUT2D eigenvalue weighted by Gasteiger charge is -2.37. The van der Waals surface area contributed by atoms with Gasteiger partial charge in [-0.15, -0.1) is 11.3 Å². The number of likely N-dealkylation sites (tertiary alicyclic amines) is 1. The van der Waals surface area contributed by atoms with Gasteiger partial charge in [-0.25, -0.2) is 14.7 Å². The number of piperidine rings is 1. The number of quaternary nitrogens is 1. The van der Waals surface area contributed by atoms with E-state index in [0.717, 1.165) is 57.1 Å². The second kappa shape index (κ2) is 7.36. The van der Waals surface area contributed by atoms with Crippen molar-refractivity contribution in [3.8, 4) is 0 Å². The zero-order chi connectivity index (χ0) is 20.0. The first-order valence-electron chi connectivity index (χ1n) is 10.9. The summed E-state index contributed by atoms with van der Waals surface area (Å²) in [7, 11) is 0. The van der Waals surface area contributed by atoms with Crippen LogP contribution in [0.4, 0.5) is 4.79 Å². The van der Waals surface area contributed by atoms with Crippen LogP contribution in [0.15, 0.2) is 24.3 Å². The van der Waals surface area contributed by atoms with Gasteiger partial charge >= 0.3 is 6.03 Å². The summed E-state index contributed by atoms with van der Waals surface area (Å²) in [5, 5.41) is 4.28. The Bertz CT molecular complexity index is 911. The Kier molecular flexibility index (Phi) is 4.82. The van der Waals surface area contributed by atoms with Crippen molar-refractivity contribution < 1.29 is 14.5 Å². The highest BCUT2D eigenvalue weighted by atomic mass is 32.1. The normalized spacial score (nSPS) is 32.9. The van der Waals surface area contributed by atoms with Gasteiger partial charge in [0.25, 0.3) is 5.91 Å². The SMILES string of the molecule is C[C@H]1CCCC[C@]12NC(=O)N(C[NH+]1CCC[C@H](c3nc4ccccc4s3)C1)C2=O. The Labute approximate surface area is 175 Å². The number of rotatable bonds is 3. The minimum atomic E-state index is -0.656. The molecule has 1 aromatic carbocycles. The van der Waals surface area contributed by atoms with Crippen molar-refractivity contribution in [1.29, 1.82) is 0 Å². The number of para-hydroxylation sites is 1. The lowest BCUT2D eigenvalue weighted by molar-refractivity contribution is -0.913. The van der Waals surface area contributed by atoms with Crippen LogP contribution in [-0.2, 0) is 4.79 Å². The first-order chi connectivity index (χ1) is 14.1. The van der Waals surface area contributed by atoms with Gasteiger partial charge in [0, 0.05) is 0 Å². The zero-order valence-corrected chi connectivity index (χ0v) is 17.8. The molecule has 2 N–H and O–H groups in total. The summed E-state index contributed by atoms with van der Waals surface area (Å²) in [4.78, 5) is 33.6. The fourth-order valence-electron chi connectivity index (χ4n) is 5.43. The fourth-order valence-corrected chi connectivity index (χ4v) is 6.53. The number of urea groups is 1. The van der Waals surface area contributed by atoms with E-state index in [9.17, 15) is 9.59 Å². The highest BCUT2D eigenvalue weighted by molar-refractivity contribution is 7.18. The lowest BCUT2D eigenvalue weighted by Crippen LogP contribution is -3.15. The molecule has 29 heavy (non-hydrogen) atoms. The van der Waals surface area contributed by atoms with Gasteiger partial charge in [0.05, 0.1) is 29.2 Å². The number of aromatic nitrogens is 1. The molecule has 0 radical (unpaired) electrons. The van der Waals surface area contributed by atoms with E-state index in [1.807, 2.05) is 6.07 Å². The smallest absolute Gasteiger partial charge is 0.323 e. The third kappa shape index (κ3) is 3.24. The van der Waals surface area contributed by atoms with Crippen LogP contribution < -0.4 is 10.2 Å². The predicted octanol–water partition coefficient (Wildman–Crippen LogP) is 2.52. The van der Waals surface area contributed by atoms with Gasteiger partial charge < -0.3 is 10.2 Å². The lowest BCUT2D eigenvalue weighted by atomic mass is 9.73. The maximum atomic E-state index is 13.3. The Morgan fingerprint density at radius 1 is 1.24 bits per heavy atom. The molecule has 2 aromatic rings. The number of amides is 3.